The molecule has 2 rings (SSSR count). The molecule has 1 aromatic carbocycles. The molecule has 0 saturated carbocycles. The average Bonchev–Trinajstić information content (AvgIpc) is 2.39. The van der Waals surface area contributed by atoms with E-state index in [-0.39, 0.29) is 6.10 Å². The van der Waals surface area contributed by atoms with E-state index in [0.717, 1.165) is 36.3 Å². The van der Waals surface area contributed by atoms with E-state index in [4.69, 9.17) is 4.74 Å². The lowest BCUT2D eigenvalue weighted by atomic mass is 10.1. The van der Waals surface area contributed by atoms with E-state index in [1.165, 1.54) is 0 Å². The Balaban J connectivity index is 1.87. The van der Waals surface area contributed by atoms with Crippen LogP contribution in [-0.2, 0) is 4.74 Å². The topological polar surface area (TPSA) is 35.9 Å². The third-order valence-corrected chi connectivity index (χ3v) is 4.01. The van der Waals surface area contributed by atoms with Crippen LogP contribution in [0.2, 0.25) is 0 Å². The molecule has 20 heavy (non-hydrogen) atoms. The number of aliphatic hydroxyl groups excluding tert-OH is 1. The van der Waals surface area contributed by atoms with Crippen LogP contribution in [0.4, 0.5) is 0 Å². The largest absolute Gasteiger partial charge is 0.387 e. The number of nitrogens with zero attached hydrogens (tertiary/aromatic N) is 2. The number of likely N-dealkylation sites (N-methyl/N-ethyl adjacent to an activating group) is 1. The Morgan fingerprint density at radius 2 is 2.10 bits per heavy atom. The Kier molecular flexibility index (Phi) is 5.99. The molecule has 0 aliphatic carbocycles. The van der Waals surface area contributed by atoms with Crippen molar-refractivity contribution in [2.45, 2.75) is 12.2 Å². The summed E-state index contributed by atoms with van der Waals surface area (Å²) in [6.07, 6.45) is -0.211. The van der Waals surface area contributed by atoms with Gasteiger partial charge in [0, 0.05) is 30.7 Å². The van der Waals surface area contributed by atoms with Crippen molar-refractivity contribution in [1.82, 2.24) is 9.80 Å². The maximum absolute atomic E-state index is 10.3. The highest BCUT2D eigenvalue weighted by Gasteiger charge is 2.23. The van der Waals surface area contributed by atoms with Gasteiger partial charge in [0.15, 0.2) is 0 Å². The van der Waals surface area contributed by atoms with Crippen LogP contribution >= 0.6 is 15.9 Å². The molecule has 1 aliphatic rings. The van der Waals surface area contributed by atoms with Gasteiger partial charge in [-0.1, -0.05) is 28.1 Å². The lowest BCUT2D eigenvalue weighted by molar-refractivity contribution is -0.0489. The molecule has 1 aliphatic heterocycles. The summed E-state index contributed by atoms with van der Waals surface area (Å²) in [5.41, 5.74) is 0.962. The van der Waals surface area contributed by atoms with E-state index in [2.05, 4.69) is 39.8 Å². The summed E-state index contributed by atoms with van der Waals surface area (Å²) in [6.45, 7) is 4.09. The van der Waals surface area contributed by atoms with Crippen molar-refractivity contribution in [3.05, 3.63) is 34.3 Å². The fourth-order valence-corrected chi connectivity index (χ4v) is 2.76. The molecular weight excluding hydrogens is 320 g/mol. The number of halogens is 1. The van der Waals surface area contributed by atoms with E-state index in [1.807, 2.05) is 24.3 Å². The molecule has 4 nitrogen and oxygen atoms in total. The Hall–Kier alpha value is -0.460. The lowest BCUT2D eigenvalue weighted by Crippen LogP contribution is -2.47. The van der Waals surface area contributed by atoms with Crippen molar-refractivity contribution in [3.8, 4) is 0 Å². The van der Waals surface area contributed by atoms with E-state index in [1.54, 1.807) is 0 Å². The first-order valence-electron chi connectivity index (χ1n) is 6.97. The minimum atomic E-state index is -0.443. The number of rotatable bonds is 5. The summed E-state index contributed by atoms with van der Waals surface area (Å²) in [5, 5.41) is 10.3. The monoisotopic (exact) mass is 342 g/mol. The molecule has 5 heteroatoms. The van der Waals surface area contributed by atoms with Gasteiger partial charge < -0.3 is 14.7 Å². The quantitative estimate of drug-likeness (QED) is 0.884. The summed E-state index contributed by atoms with van der Waals surface area (Å²) in [7, 11) is 4.11. The summed E-state index contributed by atoms with van der Waals surface area (Å²) in [4.78, 5) is 4.42. The highest BCUT2D eigenvalue weighted by molar-refractivity contribution is 9.10. The maximum Gasteiger partial charge on any atom is 0.0916 e. The Morgan fingerprint density at radius 1 is 1.40 bits per heavy atom. The smallest absolute Gasteiger partial charge is 0.0916 e. The molecule has 0 unspecified atom stereocenters. The van der Waals surface area contributed by atoms with Gasteiger partial charge in [-0.25, -0.2) is 0 Å². The second-order valence-electron chi connectivity index (χ2n) is 5.58. The van der Waals surface area contributed by atoms with Crippen molar-refractivity contribution in [1.29, 1.82) is 0 Å². The highest BCUT2D eigenvalue weighted by atomic mass is 79.9. The van der Waals surface area contributed by atoms with Crippen LogP contribution in [0.15, 0.2) is 28.7 Å². The zero-order chi connectivity index (χ0) is 14.5. The summed E-state index contributed by atoms with van der Waals surface area (Å²) in [5.74, 6) is 0. The number of morpholine rings is 1. The average molecular weight is 343 g/mol. The number of aliphatic hydroxyl groups is 1. The van der Waals surface area contributed by atoms with Crippen LogP contribution in [0.5, 0.6) is 0 Å². The Labute approximate surface area is 129 Å². The number of hydrogen-bond acceptors (Lipinski definition) is 4. The zero-order valence-corrected chi connectivity index (χ0v) is 13.7. The van der Waals surface area contributed by atoms with E-state index >= 15 is 0 Å². The normalized spacial score (nSPS) is 22.1. The number of benzene rings is 1. The van der Waals surface area contributed by atoms with Crippen LogP contribution in [-0.4, -0.2) is 67.9 Å². The van der Waals surface area contributed by atoms with Crippen LogP contribution in [0.1, 0.15) is 11.7 Å². The molecule has 1 N–H and O–H groups in total. The molecule has 1 saturated heterocycles. The maximum atomic E-state index is 10.3. The molecular formula is C15H23BrN2O2. The fraction of sp³-hybridized carbons (Fsp3) is 0.600. The van der Waals surface area contributed by atoms with Crippen molar-refractivity contribution in [2.75, 3.05) is 46.9 Å². The number of hydrogen-bond donors (Lipinski definition) is 1. The van der Waals surface area contributed by atoms with Gasteiger partial charge in [-0.2, -0.15) is 0 Å². The van der Waals surface area contributed by atoms with Crippen LogP contribution in [0, 0.1) is 0 Å². The van der Waals surface area contributed by atoms with Crippen molar-refractivity contribution < 1.29 is 9.84 Å². The molecule has 0 radical (unpaired) electrons. The summed E-state index contributed by atoms with van der Waals surface area (Å²) in [6, 6.07) is 7.86. The third kappa shape index (κ3) is 4.82. The standard InChI is InChI=1S/C15H23BrN2O2/c1-17(2)9-14-10-18(7-8-20-14)11-15(19)12-3-5-13(16)6-4-12/h3-6,14-15,19H,7-11H2,1-2H3/t14-,15-/m0/s1. The van der Waals surface area contributed by atoms with Crippen molar-refractivity contribution in [3.63, 3.8) is 0 Å². The van der Waals surface area contributed by atoms with Crippen LogP contribution in [0.3, 0.4) is 0 Å². The van der Waals surface area contributed by atoms with Gasteiger partial charge in [0.1, 0.15) is 0 Å². The molecule has 0 amide bonds. The van der Waals surface area contributed by atoms with E-state index in [9.17, 15) is 5.11 Å². The molecule has 1 aromatic rings. The first-order valence-corrected chi connectivity index (χ1v) is 7.76. The van der Waals surface area contributed by atoms with Gasteiger partial charge in [0.05, 0.1) is 18.8 Å². The van der Waals surface area contributed by atoms with Crippen LogP contribution < -0.4 is 0 Å². The second kappa shape index (κ2) is 7.52. The second-order valence-corrected chi connectivity index (χ2v) is 6.50. The van der Waals surface area contributed by atoms with Gasteiger partial charge >= 0.3 is 0 Å². The summed E-state index contributed by atoms with van der Waals surface area (Å²) >= 11 is 3.41. The predicted molar refractivity (Wildman–Crippen MR) is 83.8 cm³/mol. The first kappa shape index (κ1) is 15.9. The van der Waals surface area contributed by atoms with Gasteiger partial charge in [-0.3, -0.25) is 4.90 Å². The third-order valence-electron chi connectivity index (χ3n) is 3.48. The van der Waals surface area contributed by atoms with Gasteiger partial charge in [-0.15, -0.1) is 0 Å². The first-order chi connectivity index (χ1) is 9.54. The molecule has 1 fully saturated rings. The molecule has 1 heterocycles. The SMILES string of the molecule is CN(C)C[C@H]1CN(C[C@H](O)c2ccc(Br)cc2)CCO1. The molecule has 112 valence electrons. The van der Waals surface area contributed by atoms with Gasteiger partial charge in [-0.05, 0) is 31.8 Å². The lowest BCUT2D eigenvalue weighted by Gasteiger charge is -2.35. The predicted octanol–water partition coefficient (Wildman–Crippen LogP) is 1.74. The van der Waals surface area contributed by atoms with E-state index in [0.29, 0.717) is 6.54 Å². The summed E-state index contributed by atoms with van der Waals surface area (Å²) < 4.78 is 6.78. The van der Waals surface area contributed by atoms with E-state index < -0.39 is 6.10 Å². The molecule has 2 atom stereocenters. The minimum absolute atomic E-state index is 0.232. The van der Waals surface area contributed by atoms with Gasteiger partial charge in [0.2, 0.25) is 0 Å². The molecule has 0 aromatic heterocycles. The number of ether oxygens (including phenoxy) is 1. The fourth-order valence-electron chi connectivity index (χ4n) is 2.50. The zero-order valence-electron chi connectivity index (χ0n) is 12.1. The van der Waals surface area contributed by atoms with Crippen LogP contribution in [0.25, 0.3) is 0 Å². The minimum Gasteiger partial charge on any atom is -0.387 e. The molecule has 0 bridgehead atoms. The Bertz CT molecular complexity index is 411. The van der Waals surface area contributed by atoms with Gasteiger partial charge in [0.25, 0.3) is 0 Å². The highest BCUT2D eigenvalue weighted by Crippen LogP contribution is 2.19. The van der Waals surface area contributed by atoms with Crippen molar-refractivity contribution >= 4 is 15.9 Å². The van der Waals surface area contributed by atoms with Crippen molar-refractivity contribution in [2.24, 2.45) is 0 Å². The molecule has 0 spiro atoms. The Morgan fingerprint density at radius 3 is 2.75 bits per heavy atom. The number of β-amino-alcohol motifs (C(OH)–C–C–N with tert-alkyl or cyclic N) is 1.